The molecule has 3 N–H and O–H groups in total. The Bertz CT molecular complexity index is 601. The number of ether oxygens (including phenoxy) is 1. The fraction of sp³-hybridized carbons (Fsp3) is 0.333. The normalized spacial score (nSPS) is 17.8. The molecule has 0 saturated heterocycles. The summed E-state index contributed by atoms with van der Waals surface area (Å²) in [7, 11) is 0. The number of hydrogen-bond donors (Lipinski definition) is 3. The van der Waals surface area contributed by atoms with Crippen LogP contribution < -0.4 is 10.6 Å². The van der Waals surface area contributed by atoms with E-state index >= 15 is 0 Å². The maximum absolute atomic E-state index is 12.8. The molecule has 1 aromatic rings. The highest BCUT2D eigenvalue weighted by molar-refractivity contribution is 7.80. The van der Waals surface area contributed by atoms with E-state index < -0.39 is 12.0 Å². The van der Waals surface area contributed by atoms with Crippen LogP contribution in [-0.4, -0.2) is 35.4 Å². The van der Waals surface area contributed by atoms with Gasteiger partial charge in [-0.1, -0.05) is 12.1 Å². The fourth-order valence-corrected chi connectivity index (χ4v) is 2.48. The second kappa shape index (κ2) is 7.33. The van der Waals surface area contributed by atoms with Gasteiger partial charge in [0.2, 0.25) is 0 Å². The number of aliphatic hydroxyl groups excluding tert-OH is 1. The van der Waals surface area contributed by atoms with E-state index in [0.29, 0.717) is 22.8 Å². The van der Waals surface area contributed by atoms with Crippen molar-refractivity contribution < 1.29 is 19.0 Å². The van der Waals surface area contributed by atoms with Gasteiger partial charge in [-0.2, -0.15) is 0 Å². The van der Waals surface area contributed by atoms with Crippen LogP contribution in [0.5, 0.6) is 0 Å². The number of carbonyl (C=O) groups is 1. The highest BCUT2D eigenvalue weighted by Crippen LogP contribution is 2.14. The van der Waals surface area contributed by atoms with Crippen molar-refractivity contribution in [2.24, 2.45) is 0 Å². The molecule has 1 atom stereocenters. The highest BCUT2D eigenvalue weighted by Gasteiger charge is 2.28. The topological polar surface area (TPSA) is 70.6 Å². The van der Waals surface area contributed by atoms with E-state index in [4.69, 9.17) is 17.0 Å². The quantitative estimate of drug-likeness (QED) is 0.555. The van der Waals surface area contributed by atoms with Crippen LogP contribution >= 0.6 is 12.2 Å². The third kappa shape index (κ3) is 4.02. The molecule has 0 bridgehead atoms. The zero-order valence-electron chi connectivity index (χ0n) is 12.1. The molecule has 0 spiro atoms. The zero-order valence-corrected chi connectivity index (χ0v) is 12.9. The van der Waals surface area contributed by atoms with Crippen molar-refractivity contribution in [1.29, 1.82) is 0 Å². The van der Waals surface area contributed by atoms with Crippen LogP contribution in [-0.2, 0) is 16.0 Å². The molecular formula is C15H17FN2O3S. The summed E-state index contributed by atoms with van der Waals surface area (Å²) >= 11 is 4.98. The van der Waals surface area contributed by atoms with Crippen LogP contribution in [0.2, 0.25) is 0 Å². The van der Waals surface area contributed by atoms with Gasteiger partial charge in [-0.05, 0) is 36.8 Å². The maximum Gasteiger partial charge on any atom is 0.337 e. The summed E-state index contributed by atoms with van der Waals surface area (Å²) in [6.45, 7) is 1.61. The smallest absolute Gasteiger partial charge is 0.337 e. The largest absolute Gasteiger partial charge is 0.462 e. The third-order valence-electron chi connectivity index (χ3n) is 3.30. The molecule has 0 fully saturated rings. The van der Waals surface area contributed by atoms with Gasteiger partial charge < -0.3 is 20.5 Å². The molecule has 0 aliphatic carbocycles. The SMILES string of the molecule is CC1=C(C(=O)OCCc2ccc(F)cc2)C(CO)NC(=S)N1. The van der Waals surface area contributed by atoms with Crippen LogP contribution in [0, 0.1) is 5.82 Å². The second-order valence-electron chi connectivity index (χ2n) is 4.88. The van der Waals surface area contributed by atoms with Crippen LogP contribution in [0.1, 0.15) is 12.5 Å². The number of allylic oxidation sites excluding steroid dienone is 1. The first-order valence-electron chi connectivity index (χ1n) is 6.82. The lowest BCUT2D eigenvalue weighted by atomic mass is 10.0. The number of halogens is 1. The first-order chi connectivity index (χ1) is 10.5. The number of rotatable bonds is 5. The van der Waals surface area contributed by atoms with E-state index in [2.05, 4.69) is 10.6 Å². The summed E-state index contributed by atoms with van der Waals surface area (Å²) < 4.78 is 18.0. The molecule has 0 aromatic heterocycles. The Kier molecular flexibility index (Phi) is 5.46. The molecule has 1 unspecified atom stereocenters. The van der Waals surface area contributed by atoms with Gasteiger partial charge in [0.1, 0.15) is 5.82 Å². The van der Waals surface area contributed by atoms with Crippen LogP contribution in [0.25, 0.3) is 0 Å². The number of thiocarbonyl (C=S) groups is 1. The minimum absolute atomic E-state index is 0.170. The van der Waals surface area contributed by atoms with Crippen molar-refractivity contribution in [3.8, 4) is 0 Å². The van der Waals surface area contributed by atoms with E-state index in [1.54, 1.807) is 19.1 Å². The molecule has 0 radical (unpaired) electrons. The number of carbonyl (C=O) groups excluding carboxylic acids is 1. The standard InChI is InChI=1S/C15H17FN2O3S/c1-9-13(12(8-19)18-15(22)17-9)14(20)21-7-6-10-2-4-11(16)5-3-10/h2-5,12,19H,6-8H2,1H3,(H2,17,18,22). The first-order valence-corrected chi connectivity index (χ1v) is 7.23. The molecule has 7 heteroatoms. The van der Waals surface area contributed by atoms with Gasteiger partial charge in [0, 0.05) is 12.1 Å². The lowest BCUT2D eigenvalue weighted by molar-refractivity contribution is -0.139. The Labute approximate surface area is 133 Å². The first kappa shape index (κ1) is 16.4. The predicted molar refractivity (Wildman–Crippen MR) is 83.5 cm³/mol. The van der Waals surface area contributed by atoms with Crippen molar-refractivity contribution in [3.05, 3.63) is 46.9 Å². The molecule has 0 amide bonds. The zero-order chi connectivity index (χ0) is 16.1. The lowest BCUT2D eigenvalue weighted by Crippen LogP contribution is -2.51. The van der Waals surface area contributed by atoms with E-state index in [0.717, 1.165) is 5.56 Å². The number of benzene rings is 1. The molecule has 118 valence electrons. The van der Waals surface area contributed by atoms with Crippen LogP contribution in [0.15, 0.2) is 35.5 Å². The van der Waals surface area contributed by atoms with Crippen molar-refractivity contribution in [2.75, 3.05) is 13.2 Å². The molecular weight excluding hydrogens is 307 g/mol. The molecule has 0 saturated carbocycles. The van der Waals surface area contributed by atoms with Crippen LogP contribution in [0.4, 0.5) is 4.39 Å². The van der Waals surface area contributed by atoms with Gasteiger partial charge in [-0.25, -0.2) is 9.18 Å². The van der Waals surface area contributed by atoms with Gasteiger partial charge in [0.15, 0.2) is 5.11 Å². The average molecular weight is 324 g/mol. The maximum atomic E-state index is 12.8. The number of hydrogen-bond acceptors (Lipinski definition) is 4. The van der Waals surface area contributed by atoms with E-state index in [9.17, 15) is 14.3 Å². The second-order valence-corrected chi connectivity index (χ2v) is 5.29. The fourth-order valence-electron chi connectivity index (χ4n) is 2.19. The molecule has 1 aromatic carbocycles. The summed E-state index contributed by atoms with van der Waals surface area (Å²) in [5.74, 6) is -0.816. The van der Waals surface area contributed by atoms with Crippen LogP contribution in [0.3, 0.4) is 0 Å². The van der Waals surface area contributed by atoms with E-state index in [1.807, 2.05) is 0 Å². The Morgan fingerprint density at radius 3 is 2.73 bits per heavy atom. The van der Waals surface area contributed by atoms with E-state index in [1.165, 1.54) is 12.1 Å². The number of aliphatic hydroxyl groups is 1. The third-order valence-corrected chi connectivity index (χ3v) is 3.52. The predicted octanol–water partition coefficient (Wildman–Crippen LogP) is 1.02. The molecule has 1 heterocycles. The van der Waals surface area contributed by atoms with Crippen molar-refractivity contribution in [2.45, 2.75) is 19.4 Å². The number of nitrogens with one attached hydrogen (secondary N) is 2. The van der Waals surface area contributed by atoms with Gasteiger partial charge >= 0.3 is 5.97 Å². The van der Waals surface area contributed by atoms with Gasteiger partial charge in [0.25, 0.3) is 0 Å². The summed E-state index contributed by atoms with van der Waals surface area (Å²) in [5.41, 5.74) is 1.77. The summed E-state index contributed by atoms with van der Waals surface area (Å²) in [6, 6.07) is 5.44. The Morgan fingerprint density at radius 2 is 2.09 bits per heavy atom. The van der Waals surface area contributed by atoms with Crippen molar-refractivity contribution >= 4 is 23.3 Å². The molecule has 1 aliphatic rings. The van der Waals surface area contributed by atoms with Gasteiger partial charge in [-0.15, -0.1) is 0 Å². The summed E-state index contributed by atoms with van der Waals surface area (Å²) in [5, 5.41) is 15.4. The van der Waals surface area contributed by atoms with Gasteiger partial charge in [-0.3, -0.25) is 0 Å². The average Bonchev–Trinajstić information content (AvgIpc) is 2.48. The minimum Gasteiger partial charge on any atom is -0.462 e. The molecule has 5 nitrogen and oxygen atoms in total. The lowest BCUT2D eigenvalue weighted by Gasteiger charge is -2.28. The van der Waals surface area contributed by atoms with E-state index in [-0.39, 0.29) is 19.0 Å². The van der Waals surface area contributed by atoms with Gasteiger partial charge in [0.05, 0.1) is 24.8 Å². The molecule has 22 heavy (non-hydrogen) atoms. The van der Waals surface area contributed by atoms with Crippen molar-refractivity contribution in [1.82, 2.24) is 10.6 Å². The monoisotopic (exact) mass is 324 g/mol. The highest BCUT2D eigenvalue weighted by atomic mass is 32.1. The molecule has 1 aliphatic heterocycles. The Balaban J connectivity index is 1.95. The summed E-state index contributed by atoms with van der Waals surface area (Å²) in [4.78, 5) is 12.2. The minimum atomic E-state index is -0.577. The van der Waals surface area contributed by atoms with Crippen molar-refractivity contribution in [3.63, 3.8) is 0 Å². The number of esters is 1. The summed E-state index contributed by atoms with van der Waals surface area (Å²) in [6.07, 6.45) is 0.488. The Morgan fingerprint density at radius 1 is 1.41 bits per heavy atom. The molecule has 2 rings (SSSR count). The Hall–Kier alpha value is -1.99.